The molecule has 0 aromatic heterocycles. The van der Waals surface area contributed by atoms with E-state index in [1.807, 2.05) is 6.92 Å². The fourth-order valence-corrected chi connectivity index (χ4v) is 2.09. The molecular formula is C12H17N3O2. The van der Waals surface area contributed by atoms with E-state index in [0.29, 0.717) is 18.2 Å². The minimum atomic E-state index is -0.369. The second-order valence-corrected chi connectivity index (χ2v) is 4.80. The topological polar surface area (TPSA) is 81.2 Å². The number of nitro benzene ring substituents is 1. The van der Waals surface area contributed by atoms with Crippen molar-refractivity contribution in [2.24, 2.45) is 11.7 Å². The number of rotatable bonds is 5. The molecular weight excluding hydrogens is 218 g/mol. The minimum absolute atomic E-state index is 0.104. The molecule has 0 spiro atoms. The van der Waals surface area contributed by atoms with Gasteiger partial charge in [0.25, 0.3) is 5.69 Å². The van der Waals surface area contributed by atoms with E-state index in [1.54, 1.807) is 18.2 Å². The van der Waals surface area contributed by atoms with Crippen LogP contribution in [0.25, 0.3) is 0 Å². The molecule has 1 aromatic rings. The number of nitrogens with one attached hydrogen (secondary N) is 1. The first-order valence-corrected chi connectivity index (χ1v) is 5.78. The van der Waals surface area contributed by atoms with Crippen molar-refractivity contribution in [3.05, 3.63) is 34.4 Å². The van der Waals surface area contributed by atoms with Crippen LogP contribution in [0.1, 0.15) is 19.8 Å². The maximum absolute atomic E-state index is 10.9. The second kappa shape index (κ2) is 4.33. The van der Waals surface area contributed by atoms with Crippen molar-refractivity contribution in [1.82, 2.24) is 0 Å². The molecule has 1 aliphatic rings. The maximum atomic E-state index is 10.9. The van der Waals surface area contributed by atoms with Crippen LogP contribution < -0.4 is 11.1 Å². The van der Waals surface area contributed by atoms with Gasteiger partial charge in [-0.1, -0.05) is 12.1 Å². The zero-order chi connectivity index (χ0) is 12.5. The van der Waals surface area contributed by atoms with E-state index in [9.17, 15) is 10.1 Å². The van der Waals surface area contributed by atoms with Gasteiger partial charge in [0, 0.05) is 18.2 Å². The number of benzene rings is 1. The van der Waals surface area contributed by atoms with E-state index >= 15 is 0 Å². The molecule has 5 heteroatoms. The molecule has 0 radical (unpaired) electrons. The Morgan fingerprint density at radius 2 is 2.18 bits per heavy atom. The summed E-state index contributed by atoms with van der Waals surface area (Å²) in [6, 6.07) is 6.69. The highest BCUT2D eigenvalue weighted by molar-refractivity contribution is 5.62. The molecule has 1 atom stereocenters. The molecule has 5 nitrogen and oxygen atoms in total. The number of hydrogen-bond acceptors (Lipinski definition) is 4. The summed E-state index contributed by atoms with van der Waals surface area (Å²) >= 11 is 0. The van der Waals surface area contributed by atoms with Crippen LogP contribution in [0, 0.1) is 16.0 Å². The van der Waals surface area contributed by atoms with E-state index < -0.39 is 0 Å². The Morgan fingerprint density at radius 1 is 1.53 bits per heavy atom. The molecule has 1 aliphatic carbocycles. The molecule has 1 saturated carbocycles. The average Bonchev–Trinajstić information content (AvgIpc) is 3.13. The fraction of sp³-hybridized carbons (Fsp3) is 0.500. The lowest BCUT2D eigenvalue weighted by atomic mass is 9.95. The first kappa shape index (κ1) is 11.9. The third-order valence-corrected chi connectivity index (χ3v) is 3.42. The molecule has 92 valence electrons. The highest BCUT2D eigenvalue weighted by atomic mass is 16.6. The Morgan fingerprint density at radius 3 is 2.71 bits per heavy atom. The Kier molecular flexibility index (Phi) is 3.02. The molecule has 0 saturated heterocycles. The normalized spacial score (nSPS) is 18.5. The van der Waals surface area contributed by atoms with Gasteiger partial charge in [-0.2, -0.15) is 0 Å². The maximum Gasteiger partial charge on any atom is 0.292 e. The Balaban J connectivity index is 2.25. The van der Waals surface area contributed by atoms with Crippen LogP contribution in [0.2, 0.25) is 0 Å². The first-order valence-electron chi connectivity index (χ1n) is 5.78. The number of nitro groups is 1. The van der Waals surface area contributed by atoms with E-state index in [0.717, 1.165) is 12.8 Å². The zero-order valence-electron chi connectivity index (χ0n) is 9.85. The standard InChI is InChI=1S/C12H17N3O2/c1-12(8-13,9-6-7-9)14-10-4-2-3-5-11(10)15(16)17/h2-5,9,14H,6-8,13H2,1H3. The molecule has 2 rings (SSSR count). The van der Waals surface area contributed by atoms with Gasteiger partial charge in [0.2, 0.25) is 0 Å². The molecule has 0 bridgehead atoms. The summed E-state index contributed by atoms with van der Waals surface area (Å²) in [5.41, 5.74) is 6.20. The van der Waals surface area contributed by atoms with Gasteiger partial charge >= 0.3 is 0 Å². The van der Waals surface area contributed by atoms with Gasteiger partial charge in [0.15, 0.2) is 0 Å². The van der Waals surface area contributed by atoms with Crippen molar-refractivity contribution in [3.8, 4) is 0 Å². The first-order chi connectivity index (χ1) is 8.07. The summed E-state index contributed by atoms with van der Waals surface area (Å²) in [6.07, 6.45) is 2.28. The highest BCUT2D eigenvalue weighted by Gasteiger charge is 2.41. The lowest BCUT2D eigenvalue weighted by Gasteiger charge is -2.30. The number of para-hydroxylation sites is 2. The van der Waals surface area contributed by atoms with Gasteiger partial charge < -0.3 is 11.1 Å². The molecule has 0 aliphatic heterocycles. The molecule has 0 heterocycles. The van der Waals surface area contributed by atoms with Crippen molar-refractivity contribution >= 4 is 11.4 Å². The molecule has 1 unspecified atom stereocenters. The smallest absolute Gasteiger partial charge is 0.292 e. The van der Waals surface area contributed by atoms with Gasteiger partial charge in [-0.25, -0.2) is 0 Å². The van der Waals surface area contributed by atoms with Crippen molar-refractivity contribution in [3.63, 3.8) is 0 Å². The van der Waals surface area contributed by atoms with Crippen LogP contribution in [0.5, 0.6) is 0 Å². The number of anilines is 1. The summed E-state index contributed by atoms with van der Waals surface area (Å²) in [7, 11) is 0. The van der Waals surface area contributed by atoms with Crippen molar-refractivity contribution in [1.29, 1.82) is 0 Å². The van der Waals surface area contributed by atoms with E-state index in [2.05, 4.69) is 5.32 Å². The predicted molar refractivity (Wildman–Crippen MR) is 66.9 cm³/mol. The summed E-state index contributed by atoms with van der Waals surface area (Å²) < 4.78 is 0. The van der Waals surface area contributed by atoms with E-state index in [1.165, 1.54) is 6.07 Å². The molecule has 0 amide bonds. The third-order valence-electron chi connectivity index (χ3n) is 3.42. The quantitative estimate of drug-likeness (QED) is 0.605. The molecule has 1 fully saturated rings. The fourth-order valence-electron chi connectivity index (χ4n) is 2.09. The lowest BCUT2D eigenvalue weighted by molar-refractivity contribution is -0.384. The van der Waals surface area contributed by atoms with Gasteiger partial charge in [-0.3, -0.25) is 10.1 Å². The minimum Gasteiger partial charge on any atom is -0.373 e. The van der Waals surface area contributed by atoms with Crippen LogP contribution >= 0.6 is 0 Å². The number of nitrogens with two attached hydrogens (primary N) is 1. The van der Waals surface area contributed by atoms with Crippen LogP contribution in [-0.4, -0.2) is 17.0 Å². The van der Waals surface area contributed by atoms with Crippen LogP contribution in [-0.2, 0) is 0 Å². The lowest BCUT2D eigenvalue weighted by Crippen LogP contribution is -2.44. The van der Waals surface area contributed by atoms with Gasteiger partial charge in [-0.05, 0) is 31.7 Å². The number of nitrogens with zero attached hydrogens (tertiary/aromatic N) is 1. The Bertz CT molecular complexity index is 432. The summed E-state index contributed by atoms with van der Waals surface area (Å²) in [4.78, 5) is 10.5. The van der Waals surface area contributed by atoms with Crippen molar-refractivity contribution in [2.45, 2.75) is 25.3 Å². The summed E-state index contributed by atoms with van der Waals surface area (Å²) in [5.74, 6) is 0.521. The number of hydrogen-bond donors (Lipinski definition) is 2. The van der Waals surface area contributed by atoms with Crippen molar-refractivity contribution in [2.75, 3.05) is 11.9 Å². The SMILES string of the molecule is CC(CN)(Nc1ccccc1[N+](=O)[O-])C1CC1. The van der Waals surface area contributed by atoms with E-state index in [-0.39, 0.29) is 16.1 Å². The Hall–Kier alpha value is -1.62. The van der Waals surface area contributed by atoms with E-state index in [4.69, 9.17) is 5.73 Å². The van der Waals surface area contributed by atoms with Gasteiger partial charge in [-0.15, -0.1) is 0 Å². The molecule has 17 heavy (non-hydrogen) atoms. The van der Waals surface area contributed by atoms with Crippen LogP contribution in [0.15, 0.2) is 24.3 Å². The van der Waals surface area contributed by atoms with Gasteiger partial charge in [0.1, 0.15) is 5.69 Å². The molecule has 1 aromatic carbocycles. The van der Waals surface area contributed by atoms with Gasteiger partial charge in [0.05, 0.1) is 4.92 Å². The zero-order valence-corrected chi connectivity index (χ0v) is 9.85. The Labute approximate surface area is 100 Å². The van der Waals surface area contributed by atoms with Crippen LogP contribution in [0.3, 0.4) is 0 Å². The summed E-state index contributed by atoms with van der Waals surface area (Å²) in [5, 5.41) is 14.2. The third kappa shape index (κ3) is 2.39. The largest absolute Gasteiger partial charge is 0.373 e. The average molecular weight is 235 g/mol. The summed E-state index contributed by atoms with van der Waals surface area (Å²) in [6.45, 7) is 2.51. The highest BCUT2D eigenvalue weighted by Crippen LogP contribution is 2.41. The monoisotopic (exact) mass is 235 g/mol. The van der Waals surface area contributed by atoms with Crippen molar-refractivity contribution < 1.29 is 4.92 Å². The van der Waals surface area contributed by atoms with Crippen LogP contribution in [0.4, 0.5) is 11.4 Å². The predicted octanol–water partition coefficient (Wildman–Crippen LogP) is 2.13. The second-order valence-electron chi connectivity index (χ2n) is 4.80. The molecule has 3 N–H and O–H groups in total.